The van der Waals surface area contributed by atoms with Crippen molar-refractivity contribution >= 4 is 0 Å². The van der Waals surface area contributed by atoms with Crippen LogP contribution in [0.5, 0.6) is 17.2 Å². The highest BCUT2D eigenvalue weighted by Gasteiger charge is 2.16. The zero-order chi connectivity index (χ0) is 15.0. The van der Waals surface area contributed by atoms with Crippen molar-refractivity contribution in [1.82, 2.24) is 0 Å². The van der Waals surface area contributed by atoms with Crippen molar-refractivity contribution < 1.29 is 14.2 Å². The van der Waals surface area contributed by atoms with E-state index in [1.54, 1.807) is 21.3 Å². The minimum atomic E-state index is -0.0402. The third kappa shape index (κ3) is 4.30. The molecule has 0 bridgehead atoms. The maximum Gasteiger partial charge on any atom is 0.164 e. The third-order valence-electron chi connectivity index (χ3n) is 3.50. The summed E-state index contributed by atoms with van der Waals surface area (Å²) in [5, 5.41) is 0. The topological polar surface area (TPSA) is 53.7 Å². The summed E-state index contributed by atoms with van der Waals surface area (Å²) in [5.41, 5.74) is 7.27. The van der Waals surface area contributed by atoms with Crippen molar-refractivity contribution in [2.45, 2.75) is 45.1 Å². The predicted octanol–water partition coefficient (Wildman–Crippen LogP) is 3.68. The number of hydrogen-bond donors (Lipinski definition) is 1. The van der Waals surface area contributed by atoms with Gasteiger partial charge in [0.1, 0.15) is 5.75 Å². The van der Waals surface area contributed by atoms with Gasteiger partial charge in [-0.1, -0.05) is 32.6 Å². The van der Waals surface area contributed by atoms with Crippen molar-refractivity contribution in [3.63, 3.8) is 0 Å². The molecule has 114 valence electrons. The van der Waals surface area contributed by atoms with E-state index in [2.05, 4.69) is 6.92 Å². The average Bonchev–Trinajstić information content (AvgIpc) is 2.49. The van der Waals surface area contributed by atoms with Gasteiger partial charge >= 0.3 is 0 Å². The summed E-state index contributed by atoms with van der Waals surface area (Å²) in [4.78, 5) is 0. The molecule has 2 N–H and O–H groups in total. The number of unbranched alkanes of at least 4 members (excludes halogenated alkanes) is 3. The molecule has 20 heavy (non-hydrogen) atoms. The Kier molecular flexibility index (Phi) is 7.23. The molecule has 4 nitrogen and oxygen atoms in total. The normalized spacial score (nSPS) is 12.1. The third-order valence-corrected chi connectivity index (χ3v) is 3.50. The van der Waals surface area contributed by atoms with Crippen LogP contribution >= 0.6 is 0 Å². The molecule has 0 aliphatic heterocycles. The highest BCUT2D eigenvalue weighted by molar-refractivity contribution is 5.51. The number of nitrogens with two attached hydrogens (primary N) is 1. The monoisotopic (exact) mass is 281 g/mol. The molecule has 4 heteroatoms. The van der Waals surface area contributed by atoms with Gasteiger partial charge in [0.2, 0.25) is 0 Å². The quantitative estimate of drug-likeness (QED) is 0.701. The Morgan fingerprint density at radius 1 is 0.900 bits per heavy atom. The van der Waals surface area contributed by atoms with Crippen LogP contribution in [-0.4, -0.2) is 21.3 Å². The second-order valence-corrected chi connectivity index (χ2v) is 4.90. The molecule has 0 saturated carbocycles. The summed E-state index contributed by atoms with van der Waals surface area (Å²) in [6.45, 7) is 2.21. The average molecular weight is 281 g/mol. The van der Waals surface area contributed by atoms with Gasteiger partial charge in [0.05, 0.1) is 21.3 Å². The highest BCUT2D eigenvalue weighted by Crippen LogP contribution is 2.37. The summed E-state index contributed by atoms with van der Waals surface area (Å²) >= 11 is 0. The molecule has 0 heterocycles. The Hall–Kier alpha value is -1.42. The minimum absolute atomic E-state index is 0.0402. The van der Waals surface area contributed by atoms with Crippen molar-refractivity contribution in [2.75, 3.05) is 21.3 Å². The fraction of sp³-hybridized carbons (Fsp3) is 0.625. The van der Waals surface area contributed by atoms with Crippen molar-refractivity contribution in [1.29, 1.82) is 0 Å². The fourth-order valence-corrected chi connectivity index (χ4v) is 2.29. The maximum atomic E-state index is 6.29. The maximum absolute atomic E-state index is 6.29. The molecule has 1 rings (SSSR count). The molecule has 0 aliphatic carbocycles. The van der Waals surface area contributed by atoms with Crippen LogP contribution in [0.4, 0.5) is 0 Å². The van der Waals surface area contributed by atoms with E-state index in [1.807, 2.05) is 12.1 Å². The van der Waals surface area contributed by atoms with Crippen LogP contribution in [0.1, 0.15) is 50.6 Å². The first kappa shape index (κ1) is 16.6. The van der Waals surface area contributed by atoms with E-state index in [0.29, 0.717) is 11.5 Å². The van der Waals surface area contributed by atoms with E-state index in [0.717, 1.165) is 24.2 Å². The van der Waals surface area contributed by atoms with Crippen molar-refractivity contribution in [3.05, 3.63) is 17.7 Å². The second kappa shape index (κ2) is 8.69. The zero-order valence-corrected chi connectivity index (χ0v) is 13.1. The number of benzene rings is 1. The lowest BCUT2D eigenvalue weighted by atomic mass is 9.99. The largest absolute Gasteiger partial charge is 0.496 e. The van der Waals surface area contributed by atoms with Gasteiger partial charge in [-0.2, -0.15) is 0 Å². The summed E-state index contributed by atoms with van der Waals surface area (Å²) < 4.78 is 16.0. The van der Waals surface area contributed by atoms with E-state index in [1.165, 1.54) is 19.3 Å². The van der Waals surface area contributed by atoms with Crippen LogP contribution in [0.25, 0.3) is 0 Å². The van der Waals surface area contributed by atoms with Gasteiger partial charge in [-0.15, -0.1) is 0 Å². The number of hydrogen-bond acceptors (Lipinski definition) is 4. The lowest BCUT2D eigenvalue weighted by Gasteiger charge is -2.18. The molecule has 0 aliphatic rings. The van der Waals surface area contributed by atoms with Gasteiger partial charge in [0.15, 0.2) is 11.5 Å². The molecule has 1 aromatic rings. The fourth-order valence-electron chi connectivity index (χ4n) is 2.29. The van der Waals surface area contributed by atoms with Crippen molar-refractivity contribution in [3.8, 4) is 17.2 Å². The van der Waals surface area contributed by atoms with E-state index < -0.39 is 0 Å². The SMILES string of the molecule is CCCCCCC(N)c1cc(OC)c(OC)cc1OC. The standard InChI is InChI=1S/C16H27NO3/c1-5-6-7-8-9-13(17)12-10-15(19-3)16(20-4)11-14(12)18-2/h10-11,13H,5-9,17H2,1-4H3. The van der Waals surface area contributed by atoms with E-state index in [4.69, 9.17) is 19.9 Å². The number of rotatable bonds is 9. The lowest BCUT2D eigenvalue weighted by molar-refractivity contribution is 0.346. The number of ether oxygens (including phenoxy) is 3. The molecule has 0 aromatic heterocycles. The lowest BCUT2D eigenvalue weighted by Crippen LogP contribution is -2.12. The molecular weight excluding hydrogens is 254 g/mol. The summed E-state index contributed by atoms with van der Waals surface area (Å²) in [6.07, 6.45) is 5.79. The van der Waals surface area contributed by atoms with Crippen molar-refractivity contribution in [2.24, 2.45) is 5.73 Å². The number of methoxy groups -OCH3 is 3. The van der Waals surface area contributed by atoms with E-state index >= 15 is 0 Å². The van der Waals surface area contributed by atoms with Gasteiger partial charge in [-0.05, 0) is 12.5 Å². The van der Waals surface area contributed by atoms with Crippen LogP contribution in [0.3, 0.4) is 0 Å². The highest BCUT2D eigenvalue weighted by atomic mass is 16.5. The molecule has 0 amide bonds. The Morgan fingerprint density at radius 3 is 2.05 bits per heavy atom. The zero-order valence-electron chi connectivity index (χ0n) is 13.1. The summed E-state index contributed by atoms with van der Waals surface area (Å²) in [7, 11) is 4.89. The van der Waals surface area contributed by atoms with Crippen LogP contribution < -0.4 is 19.9 Å². The smallest absolute Gasteiger partial charge is 0.164 e. The second-order valence-electron chi connectivity index (χ2n) is 4.90. The van der Waals surface area contributed by atoms with Gasteiger partial charge < -0.3 is 19.9 Å². The summed E-state index contributed by atoms with van der Waals surface area (Å²) in [6, 6.07) is 3.71. The molecule has 1 aromatic carbocycles. The van der Waals surface area contributed by atoms with Crippen LogP contribution in [0.15, 0.2) is 12.1 Å². The molecular formula is C16H27NO3. The van der Waals surface area contributed by atoms with E-state index in [-0.39, 0.29) is 6.04 Å². The Balaban J connectivity index is 2.86. The van der Waals surface area contributed by atoms with Gasteiger partial charge in [0.25, 0.3) is 0 Å². The predicted molar refractivity (Wildman–Crippen MR) is 81.8 cm³/mol. The summed E-state index contributed by atoms with van der Waals surface area (Å²) in [5.74, 6) is 2.10. The molecule has 0 saturated heterocycles. The molecule has 1 unspecified atom stereocenters. The molecule has 0 spiro atoms. The first-order valence-electron chi connectivity index (χ1n) is 7.23. The van der Waals surface area contributed by atoms with Crippen LogP contribution in [0.2, 0.25) is 0 Å². The van der Waals surface area contributed by atoms with Crippen LogP contribution in [-0.2, 0) is 0 Å². The Bertz CT molecular complexity index is 407. The first-order valence-corrected chi connectivity index (χ1v) is 7.23. The van der Waals surface area contributed by atoms with Gasteiger partial charge in [-0.3, -0.25) is 0 Å². The van der Waals surface area contributed by atoms with Gasteiger partial charge in [0, 0.05) is 17.7 Å². The van der Waals surface area contributed by atoms with E-state index in [9.17, 15) is 0 Å². The molecule has 0 fully saturated rings. The molecule has 1 atom stereocenters. The Labute approximate surface area is 122 Å². The first-order chi connectivity index (χ1) is 9.67. The van der Waals surface area contributed by atoms with Crippen LogP contribution in [0, 0.1) is 0 Å². The minimum Gasteiger partial charge on any atom is -0.496 e. The Morgan fingerprint density at radius 2 is 1.50 bits per heavy atom. The molecule has 0 radical (unpaired) electrons. The van der Waals surface area contributed by atoms with Gasteiger partial charge in [-0.25, -0.2) is 0 Å².